The smallest absolute Gasteiger partial charge is 0.344 e. The highest BCUT2D eigenvalue weighted by Gasteiger charge is 2.12. The van der Waals surface area contributed by atoms with Crippen molar-refractivity contribution in [1.29, 1.82) is 0 Å². The van der Waals surface area contributed by atoms with Gasteiger partial charge in [0.05, 0.1) is 22.2 Å². The Kier molecular flexibility index (Phi) is 7.38. The van der Waals surface area contributed by atoms with Gasteiger partial charge in [-0.05, 0) is 30.3 Å². The highest BCUT2D eigenvalue weighted by Crippen LogP contribution is 2.33. The molecule has 1 N–H and O–H groups in total. The molecular formula is C17H14Cl3NO5. The zero-order chi connectivity index (χ0) is 19.1. The lowest BCUT2D eigenvalue weighted by Crippen LogP contribution is -2.23. The van der Waals surface area contributed by atoms with Crippen LogP contribution >= 0.6 is 34.8 Å². The normalized spacial score (nSPS) is 10.2. The quantitative estimate of drug-likeness (QED) is 0.538. The Balaban J connectivity index is 1.77. The Labute approximate surface area is 164 Å². The number of anilines is 1. The van der Waals surface area contributed by atoms with Crippen molar-refractivity contribution in [3.05, 3.63) is 51.5 Å². The maximum Gasteiger partial charge on any atom is 0.344 e. The first-order valence-corrected chi connectivity index (χ1v) is 8.39. The Morgan fingerprint density at radius 3 is 2.27 bits per heavy atom. The molecule has 0 bridgehead atoms. The van der Waals surface area contributed by atoms with E-state index >= 15 is 0 Å². The number of carbonyl (C=O) groups excluding carboxylic acids is 2. The molecule has 6 nitrogen and oxygen atoms in total. The van der Waals surface area contributed by atoms with Crippen LogP contribution < -0.4 is 14.8 Å². The van der Waals surface area contributed by atoms with Crippen LogP contribution in [0.3, 0.4) is 0 Å². The summed E-state index contributed by atoms with van der Waals surface area (Å²) in [7, 11) is 1.54. The largest absolute Gasteiger partial charge is 0.497 e. The van der Waals surface area contributed by atoms with E-state index in [2.05, 4.69) is 5.32 Å². The van der Waals surface area contributed by atoms with Crippen molar-refractivity contribution in [2.75, 3.05) is 25.6 Å². The summed E-state index contributed by atoms with van der Waals surface area (Å²) in [4.78, 5) is 23.4. The van der Waals surface area contributed by atoms with E-state index in [0.29, 0.717) is 11.4 Å². The van der Waals surface area contributed by atoms with Gasteiger partial charge >= 0.3 is 5.97 Å². The minimum Gasteiger partial charge on any atom is -0.497 e. The molecule has 0 saturated heterocycles. The molecule has 0 unspecified atom stereocenters. The minimum absolute atomic E-state index is 0.181. The van der Waals surface area contributed by atoms with Crippen molar-refractivity contribution >= 4 is 52.4 Å². The summed E-state index contributed by atoms with van der Waals surface area (Å²) in [6.45, 7) is -0.892. The molecule has 0 aromatic heterocycles. The van der Waals surface area contributed by atoms with Gasteiger partial charge in [0.2, 0.25) is 0 Å². The monoisotopic (exact) mass is 417 g/mol. The summed E-state index contributed by atoms with van der Waals surface area (Å²) >= 11 is 17.6. The number of amides is 1. The number of hydrogen-bond donors (Lipinski definition) is 1. The molecule has 2 aromatic carbocycles. The van der Waals surface area contributed by atoms with Crippen LogP contribution in [0.2, 0.25) is 15.1 Å². The van der Waals surface area contributed by atoms with Crippen LogP contribution in [0, 0.1) is 0 Å². The minimum atomic E-state index is -0.739. The van der Waals surface area contributed by atoms with Gasteiger partial charge < -0.3 is 19.5 Å². The van der Waals surface area contributed by atoms with Crippen molar-refractivity contribution in [2.45, 2.75) is 0 Å². The molecule has 138 valence electrons. The number of rotatable bonds is 7. The van der Waals surface area contributed by atoms with Gasteiger partial charge in [0.25, 0.3) is 5.91 Å². The van der Waals surface area contributed by atoms with Gasteiger partial charge in [-0.1, -0.05) is 34.8 Å². The number of ether oxygens (including phenoxy) is 3. The number of nitrogens with one attached hydrogen (secondary N) is 1. The number of esters is 1. The van der Waals surface area contributed by atoms with Crippen LogP contribution in [0.4, 0.5) is 5.69 Å². The van der Waals surface area contributed by atoms with Gasteiger partial charge in [0.1, 0.15) is 11.5 Å². The summed E-state index contributed by atoms with van der Waals surface area (Å²) in [6, 6.07) is 9.49. The first-order chi connectivity index (χ1) is 12.4. The Hall–Kier alpha value is -2.15. The molecule has 0 saturated carbocycles. The summed E-state index contributed by atoms with van der Waals surface area (Å²) < 4.78 is 15.1. The molecule has 0 radical (unpaired) electrons. The second kappa shape index (κ2) is 9.52. The van der Waals surface area contributed by atoms with E-state index in [1.165, 1.54) is 12.1 Å². The third-order valence-corrected chi connectivity index (χ3v) is 4.08. The van der Waals surface area contributed by atoms with Crippen molar-refractivity contribution in [1.82, 2.24) is 0 Å². The molecule has 1 amide bonds. The second-order valence-corrected chi connectivity index (χ2v) is 6.14. The van der Waals surface area contributed by atoms with E-state index < -0.39 is 25.1 Å². The zero-order valence-electron chi connectivity index (χ0n) is 13.6. The van der Waals surface area contributed by atoms with Gasteiger partial charge in [-0.15, -0.1) is 0 Å². The van der Waals surface area contributed by atoms with E-state index in [9.17, 15) is 9.59 Å². The van der Waals surface area contributed by atoms with E-state index in [-0.39, 0.29) is 20.8 Å². The number of methoxy groups -OCH3 is 1. The third kappa shape index (κ3) is 5.98. The van der Waals surface area contributed by atoms with E-state index in [1.807, 2.05) is 0 Å². The van der Waals surface area contributed by atoms with Crippen LogP contribution in [-0.2, 0) is 14.3 Å². The van der Waals surface area contributed by atoms with E-state index in [0.717, 1.165) is 0 Å². The number of halogens is 3. The second-order valence-electron chi connectivity index (χ2n) is 4.92. The first kappa shape index (κ1) is 20.2. The highest BCUT2D eigenvalue weighted by atomic mass is 35.5. The molecule has 2 rings (SSSR count). The third-order valence-electron chi connectivity index (χ3n) is 3.06. The zero-order valence-corrected chi connectivity index (χ0v) is 15.8. The van der Waals surface area contributed by atoms with Gasteiger partial charge in [-0.25, -0.2) is 4.79 Å². The maximum atomic E-state index is 11.8. The fraction of sp³-hybridized carbons (Fsp3) is 0.176. The summed E-state index contributed by atoms with van der Waals surface area (Å²) in [5.41, 5.74) is 0.547. The molecule has 2 aromatic rings. The molecular weight excluding hydrogens is 405 g/mol. The van der Waals surface area contributed by atoms with Crippen molar-refractivity contribution < 1.29 is 23.8 Å². The Morgan fingerprint density at radius 2 is 1.62 bits per heavy atom. The van der Waals surface area contributed by atoms with Gasteiger partial charge in [0.15, 0.2) is 13.2 Å². The van der Waals surface area contributed by atoms with Crippen LogP contribution in [0.5, 0.6) is 11.5 Å². The number of benzene rings is 2. The molecule has 0 fully saturated rings. The highest BCUT2D eigenvalue weighted by molar-refractivity contribution is 6.43. The standard InChI is InChI=1S/C17H14Cl3NO5/c1-24-11-4-2-10(3-5-11)21-16(22)8-26-17(23)9-25-15-7-13(19)12(18)6-14(15)20/h2-7H,8-9H2,1H3,(H,21,22). The maximum absolute atomic E-state index is 11.8. The molecule has 0 aliphatic carbocycles. The Bertz CT molecular complexity index is 796. The molecule has 0 aliphatic rings. The van der Waals surface area contributed by atoms with Crippen LogP contribution in [-0.4, -0.2) is 32.2 Å². The first-order valence-electron chi connectivity index (χ1n) is 7.26. The SMILES string of the molecule is COc1ccc(NC(=O)COC(=O)COc2cc(Cl)c(Cl)cc2Cl)cc1. The summed E-state index contributed by atoms with van der Waals surface area (Å²) in [5.74, 6) is -0.388. The van der Waals surface area contributed by atoms with Crippen LogP contribution in [0.15, 0.2) is 36.4 Å². The summed E-state index contributed by atoms with van der Waals surface area (Å²) in [5, 5.41) is 3.28. The average Bonchev–Trinajstić information content (AvgIpc) is 2.62. The topological polar surface area (TPSA) is 73.9 Å². The molecule has 0 atom stereocenters. The predicted octanol–water partition coefficient (Wildman–Crippen LogP) is 4.22. The van der Waals surface area contributed by atoms with Gasteiger partial charge in [-0.2, -0.15) is 0 Å². The van der Waals surface area contributed by atoms with Crippen LogP contribution in [0.1, 0.15) is 0 Å². The molecule has 26 heavy (non-hydrogen) atoms. The van der Waals surface area contributed by atoms with E-state index in [1.54, 1.807) is 31.4 Å². The summed E-state index contributed by atoms with van der Waals surface area (Å²) in [6.07, 6.45) is 0. The number of carbonyl (C=O) groups is 2. The van der Waals surface area contributed by atoms with Gasteiger partial charge in [-0.3, -0.25) is 4.79 Å². The van der Waals surface area contributed by atoms with Crippen molar-refractivity contribution in [2.24, 2.45) is 0 Å². The molecule has 9 heteroatoms. The molecule has 0 heterocycles. The lowest BCUT2D eigenvalue weighted by Gasteiger charge is -2.10. The van der Waals surface area contributed by atoms with Crippen LogP contribution in [0.25, 0.3) is 0 Å². The van der Waals surface area contributed by atoms with Gasteiger partial charge in [0, 0.05) is 11.8 Å². The fourth-order valence-corrected chi connectivity index (χ4v) is 2.40. The molecule has 0 aliphatic heterocycles. The van der Waals surface area contributed by atoms with Crippen molar-refractivity contribution in [3.63, 3.8) is 0 Å². The molecule has 0 spiro atoms. The van der Waals surface area contributed by atoms with E-state index in [4.69, 9.17) is 49.0 Å². The Morgan fingerprint density at radius 1 is 0.962 bits per heavy atom. The lowest BCUT2D eigenvalue weighted by atomic mass is 10.3. The fourth-order valence-electron chi connectivity index (χ4n) is 1.81. The predicted molar refractivity (Wildman–Crippen MR) is 99.5 cm³/mol. The van der Waals surface area contributed by atoms with Crippen molar-refractivity contribution in [3.8, 4) is 11.5 Å². The average molecular weight is 419 g/mol. The lowest BCUT2D eigenvalue weighted by molar-refractivity contribution is -0.149. The number of hydrogen-bond acceptors (Lipinski definition) is 5.